The summed E-state index contributed by atoms with van der Waals surface area (Å²) in [6.07, 6.45) is 0. The van der Waals surface area contributed by atoms with Gasteiger partial charge in [0.05, 0.1) is 5.30 Å². The van der Waals surface area contributed by atoms with Crippen molar-refractivity contribution < 1.29 is 9.09 Å². The van der Waals surface area contributed by atoms with Gasteiger partial charge in [0.15, 0.2) is 0 Å². The molecular weight excluding hydrogens is 279 g/mol. The van der Waals surface area contributed by atoms with Gasteiger partial charge in [0, 0.05) is 11.1 Å². The van der Waals surface area contributed by atoms with Crippen LogP contribution in [0.4, 0.5) is 0 Å². The van der Waals surface area contributed by atoms with Crippen LogP contribution in [0.15, 0.2) is 30.3 Å². The van der Waals surface area contributed by atoms with Gasteiger partial charge in [0.1, 0.15) is 5.75 Å². The maximum absolute atomic E-state index is 12.5. The van der Waals surface area contributed by atoms with Gasteiger partial charge >= 0.3 is 6.72 Å². The number of rotatable bonds is 0. The summed E-state index contributed by atoms with van der Waals surface area (Å²) in [6.45, 7) is 2.70. The lowest BCUT2D eigenvalue weighted by atomic mass is 9.98. The molecule has 0 saturated heterocycles. The molecule has 0 spiro atoms. The van der Waals surface area contributed by atoms with E-state index in [4.69, 9.17) is 15.8 Å². The van der Waals surface area contributed by atoms with Crippen LogP contribution < -0.4 is 9.83 Å². The minimum Gasteiger partial charge on any atom is -0.429 e. The summed E-state index contributed by atoms with van der Waals surface area (Å²) in [5.41, 5.74) is 5.12. The fourth-order valence-corrected chi connectivity index (χ4v) is 4.49. The molecule has 2 aromatic rings. The second-order valence-electron chi connectivity index (χ2n) is 5.05. The van der Waals surface area contributed by atoms with Crippen LogP contribution in [0.5, 0.6) is 5.75 Å². The van der Waals surface area contributed by atoms with Gasteiger partial charge in [0.2, 0.25) is 0 Å². The van der Waals surface area contributed by atoms with E-state index in [0.29, 0.717) is 11.1 Å². The molecule has 2 aromatic carbocycles. The number of fused-ring (bicyclic) bond motifs is 3. The predicted molar refractivity (Wildman–Crippen MR) is 79.8 cm³/mol. The first-order valence-corrected chi connectivity index (χ1v) is 8.63. The van der Waals surface area contributed by atoms with E-state index in [1.54, 1.807) is 6.07 Å². The highest BCUT2D eigenvalue weighted by Crippen LogP contribution is 2.59. The van der Waals surface area contributed by atoms with Gasteiger partial charge in [-0.2, -0.15) is 0 Å². The van der Waals surface area contributed by atoms with E-state index < -0.39 is 6.72 Å². The monoisotopic (exact) mass is 292 g/mol. The van der Waals surface area contributed by atoms with Gasteiger partial charge in [0.25, 0.3) is 0 Å². The molecular formula is C15H14ClO2P. The van der Waals surface area contributed by atoms with Gasteiger partial charge in [-0.05, 0) is 55.3 Å². The van der Waals surface area contributed by atoms with Crippen LogP contribution >= 0.6 is 18.0 Å². The maximum atomic E-state index is 12.5. The van der Waals surface area contributed by atoms with Crippen molar-refractivity contribution in [3.8, 4) is 16.9 Å². The van der Waals surface area contributed by atoms with Crippen molar-refractivity contribution in [2.45, 2.75) is 20.8 Å². The average molecular weight is 293 g/mol. The van der Waals surface area contributed by atoms with Gasteiger partial charge in [-0.1, -0.05) is 23.8 Å². The van der Waals surface area contributed by atoms with Crippen molar-refractivity contribution in [2.75, 3.05) is 0 Å². The van der Waals surface area contributed by atoms with Crippen molar-refractivity contribution in [3.63, 3.8) is 0 Å². The first kappa shape index (κ1) is 12.8. The lowest BCUT2D eigenvalue weighted by Gasteiger charge is -2.26. The highest BCUT2D eigenvalue weighted by Gasteiger charge is 2.35. The molecule has 1 atom stereocenters. The lowest BCUT2D eigenvalue weighted by Crippen LogP contribution is -2.15. The summed E-state index contributed by atoms with van der Waals surface area (Å²) in [4.78, 5) is 0. The Hall–Kier alpha value is -1.24. The Labute approximate surface area is 117 Å². The number of aryl methyl sites for hydroxylation is 3. The molecule has 1 aliphatic heterocycles. The average Bonchev–Trinajstić information content (AvgIpc) is 2.30. The molecule has 0 bridgehead atoms. The van der Waals surface area contributed by atoms with Crippen molar-refractivity contribution in [1.82, 2.24) is 0 Å². The molecule has 0 radical (unpaired) electrons. The van der Waals surface area contributed by atoms with Crippen LogP contribution in [0.2, 0.25) is 0 Å². The second-order valence-corrected chi connectivity index (χ2v) is 8.01. The summed E-state index contributed by atoms with van der Waals surface area (Å²) >= 11 is 6.13. The summed E-state index contributed by atoms with van der Waals surface area (Å²) in [6, 6.07) is 9.79. The van der Waals surface area contributed by atoms with E-state index >= 15 is 0 Å². The highest BCUT2D eigenvalue weighted by molar-refractivity contribution is 7.91. The van der Waals surface area contributed by atoms with Crippen LogP contribution in [0.1, 0.15) is 16.7 Å². The highest BCUT2D eigenvalue weighted by atomic mass is 35.7. The van der Waals surface area contributed by atoms with Crippen molar-refractivity contribution in [3.05, 3.63) is 47.0 Å². The zero-order valence-electron chi connectivity index (χ0n) is 11.0. The van der Waals surface area contributed by atoms with E-state index in [1.807, 2.05) is 39.0 Å². The van der Waals surface area contributed by atoms with Crippen LogP contribution in [0.3, 0.4) is 0 Å². The first-order valence-electron chi connectivity index (χ1n) is 6.10. The molecule has 1 aliphatic rings. The Morgan fingerprint density at radius 1 is 1.00 bits per heavy atom. The number of hydrogen-bond acceptors (Lipinski definition) is 2. The molecule has 98 valence electrons. The van der Waals surface area contributed by atoms with Gasteiger partial charge in [-0.15, -0.1) is 0 Å². The normalized spacial score (nSPS) is 20.4. The zero-order chi connectivity index (χ0) is 13.8. The third kappa shape index (κ3) is 2.00. The SMILES string of the molecule is Cc1ccc2c(c1)-c1cc(C)cc(C)c1OP2(=O)Cl. The molecule has 0 fully saturated rings. The van der Waals surface area contributed by atoms with E-state index in [-0.39, 0.29) is 0 Å². The summed E-state index contributed by atoms with van der Waals surface area (Å²) in [7, 11) is 0. The number of benzene rings is 2. The molecule has 0 N–H and O–H groups in total. The lowest BCUT2D eigenvalue weighted by molar-refractivity contribution is 0.505. The summed E-state index contributed by atoms with van der Waals surface area (Å²) in [5.74, 6) is 0.641. The van der Waals surface area contributed by atoms with Crippen LogP contribution in [0.25, 0.3) is 11.1 Å². The summed E-state index contributed by atoms with van der Waals surface area (Å²) < 4.78 is 18.1. The van der Waals surface area contributed by atoms with Crippen LogP contribution in [0, 0.1) is 20.8 Å². The minimum absolute atomic E-state index is 0.595. The minimum atomic E-state index is -3.30. The smallest absolute Gasteiger partial charge is 0.367 e. The quantitative estimate of drug-likeness (QED) is 0.656. The number of hydrogen-bond donors (Lipinski definition) is 0. The molecule has 19 heavy (non-hydrogen) atoms. The van der Waals surface area contributed by atoms with Crippen molar-refractivity contribution in [1.29, 1.82) is 0 Å². The van der Waals surface area contributed by atoms with Crippen LogP contribution in [-0.2, 0) is 4.57 Å². The molecule has 1 unspecified atom stereocenters. The topological polar surface area (TPSA) is 26.3 Å². The molecule has 0 saturated carbocycles. The molecule has 0 aliphatic carbocycles. The second kappa shape index (κ2) is 4.13. The third-order valence-electron chi connectivity index (χ3n) is 3.36. The fourth-order valence-electron chi connectivity index (χ4n) is 2.54. The van der Waals surface area contributed by atoms with E-state index in [0.717, 1.165) is 27.8 Å². The van der Waals surface area contributed by atoms with Gasteiger partial charge in [-0.25, -0.2) is 0 Å². The predicted octanol–water partition coefficient (Wildman–Crippen LogP) is 4.73. The van der Waals surface area contributed by atoms with Crippen molar-refractivity contribution >= 4 is 23.3 Å². The Morgan fingerprint density at radius 2 is 1.68 bits per heavy atom. The third-order valence-corrected chi connectivity index (χ3v) is 5.49. The van der Waals surface area contributed by atoms with Gasteiger partial charge < -0.3 is 4.52 Å². The van der Waals surface area contributed by atoms with E-state index in [1.165, 1.54) is 0 Å². The molecule has 4 heteroatoms. The Morgan fingerprint density at radius 3 is 2.42 bits per heavy atom. The largest absolute Gasteiger partial charge is 0.429 e. The van der Waals surface area contributed by atoms with Crippen LogP contribution in [-0.4, -0.2) is 0 Å². The molecule has 2 nitrogen and oxygen atoms in total. The molecule has 0 amide bonds. The standard InChI is InChI=1S/C15H14ClO2P/c1-9-4-5-14-12(7-9)13-8-10(2)6-11(3)15(13)18-19(14,16)17/h4-8H,1-3H3. The van der Waals surface area contributed by atoms with E-state index in [2.05, 4.69) is 6.07 Å². The zero-order valence-corrected chi connectivity index (χ0v) is 12.7. The van der Waals surface area contributed by atoms with Gasteiger partial charge in [-0.3, -0.25) is 4.57 Å². The Balaban J connectivity index is 2.41. The maximum Gasteiger partial charge on any atom is 0.367 e. The molecule has 3 rings (SSSR count). The Bertz CT molecular complexity index is 737. The molecule has 0 aromatic heterocycles. The van der Waals surface area contributed by atoms with E-state index in [9.17, 15) is 4.57 Å². The Kier molecular flexibility index (Phi) is 2.78. The first-order chi connectivity index (χ1) is 8.88. The van der Waals surface area contributed by atoms with Crippen molar-refractivity contribution in [2.24, 2.45) is 0 Å². The summed E-state index contributed by atoms with van der Waals surface area (Å²) in [5, 5.41) is 0.595. The number of halogens is 1. The fraction of sp³-hybridized carbons (Fsp3) is 0.200. The molecule has 1 heterocycles.